The number of rotatable bonds is 16. The molecule has 15 heteroatoms. The zero-order valence-corrected chi connectivity index (χ0v) is 19.0. The third kappa shape index (κ3) is 11.8. The van der Waals surface area contributed by atoms with Crippen molar-refractivity contribution in [3.05, 3.63) is 0 Å². The minimum Gasteiger partial charge on any atom is -0.481 e. The Morgan fingerprint density at radius 1 is 0.844 bits per heavy atom. The second-order valence-corrected chi connectivity index (χ2v) is 7.97. The minimum atomic E-state index is -1.67. The minimum absolute atomic E-state index is 0.0598. The van der Waals surface area contributed by atoms with Crippen LogP contribution in [0.25, 0.3) is 0 Å². The number of thioether (sulfide) groups is 1. The van der Waals surface area contributed by atoms with E-state index in [2.05, 4.69) is 28.6 Å². The Bertz CT molecular complexity index is 708. The molecule has 3 amide bonds. The number of amides is 3. The van der Waals surface area contributed by atoms with Crippen LogP contribution in [0.4, 0.5) is 0 Å². The molecule has 0 saturated carbocycles. The lowest BCUT2D eigenvalue weighted by Gasteiger charge is -2.24. The van der Waals surface area contributed by atoms with Crippen LogP contribution < -0.4 is 21.7 Å². The molecule has 0 saturated heterocycles. The summed E-state index contributed by atoms with van der Waals surface area (Å²) in [4.78, 5) is 70.5. The molecule has 4 unspecified atom stereocenters. The molecular formula is C17H28N4O9S2. The first-order valence-electron chi connectivity index (χ1n) is 9.35. The fraction of sp³-hybridized carbons (Fsp3) is 0.647. The van der Waals surface area contributed by atoms with Crippen LogP contribution in [0, 0.1) is 0 Å². The average molecular weight is 497 g/mol. The summed E-state index contributed by atoms with van der Waals surface area (Å²) < 4.78 is 0. The van der Waals surface area contributed by atoms with Gasteiger partial charge >= 0.3 is 17.9 Å². The van der Waals surface area contributed by atoms with Crippen molar-refractivity contribution in [3.63, 3.8) is 0 Å². The summed E-state index contributed by atoms with van der Waals surface area (Å²) in [6.45, 7) is 0. The SMILES string of the molecule is CSCCC(NC(=O)C(CC(=O)O)NC(=O)C(CCC(=O)O)NC(=O)C(N)CS)C(=O)O. The monoisotopic (exact) mass is 496 g/mol. The molecule has 13 nitrogen and oxygen atoms in total. The Kier molecular flexibility index (Phi) is 14.1. The summed E-state index contributed by atoms with van der Waals surface area (Å²) in [6, 6.07) is -5.50. The van der Waals surface area contributed by atoms with Crippen molar-refractivity contribution in [2.24, 2.45) is 5.73 Å². The lowest BCUT2D eigenvalue weighted by atomic mass is 10.1. The average Bonchev–Trinajstić information content (AvgIpc) is 2.71. The van der Waals surface area contributed by atoms with Crippen LogP contribution in [0.3, 0.4) is 0 Å². The Morgan fingerprint density at radius 2 is 1.38 bits per heavy atom. The van der Waals surface area contributed by atoms with Gasteiger partial charge in [-0.1, -0.05) is 0 Å². The molecule has 0 aliphatic carbocycles. The van der Waals surface area contributed by atoms with Crippen LogP contribution >= 0.6 is 24.4 Å². The lowest BCUT2D eigenvalue weighted by Crippen LogP contribution is -2.57. The van der Waals surface area contributed by atoms with Crippen molar-refractivity contribution >= 4 is 60.0 Å². The van der Waals surface area contributed by atoms with E-state index in [1.807, 2.05) is 0 Å². The van der Waals surface area contributed by atoms with Crippen LogP contribution in [0.5, 0.6) is 0 Å². The number of hydrogen-bond acceptors (Lipinski definition) is 9. The fourth-order valence-electron chi connectivity index (χ4n) is 2.32. The van der Waals surface area contributed by atoms with Gasteiger partial charge in [0.25, 0.3) is 0 Å². The van der Waals surface area contributed by atoms with Gasteiger partial charge in [0.05, 0.1) is 12.5 Å². The van der Waals surface area contributed by atoms with E-state index < -0.39 is 72.6 Å². The van der Waals surface area contributed by atoms with Gasteiger partial charge in [-0.3, -0.25) is 24.0 Å². The van der Waals surface area contributed by atoms with E-state index in [9.17, 15) is 33.9 Å². The number of thiol groups is 1. The predicted molar refractivity (Wildman–Crippen MR) is 117 cm³/mol. The van der Waals surface area contributed by atoms with E-state index in [0.717, 1.165) is 0 Å². The number of aliphatic carboxylic acids is 3. The molecule has 0 aromatic rings. The maximum atomic E-state index is 12.6. The number of nitrogens with two attached hydrogens (primary N) is 1. The molecule has 0 radical (unpaired) electrons. The lowest BCUT2D eigenvalue weighted by molar-refractivity contribution is -0.143. The molecule has 0 aliphatic heterocycles. The van der Waals surface area contributed by atoms with Crippen LogP contribution in [0.15, 0.2) is 0 Å². The Labute approximate surface area is 193 Å². The van der Waals surface area contributed by atoms with Gasteiger partial charge in [-0.05, 0) is 24.9 Å². The van der Waals surface area contributed by atoms with E-state index in [1.54, 1.807) is 6.26 Å². The number of nitrogens with one attached hydrogen (secondary N) is 3. The molecule has 0 bridgehead atoms. The Hall–Kier alpha value is -2.52. The molecule has 4 atom stereocenters. The van der Waals surface area contributed by atoms with Crippen molar-refractivity contribution in [2.45, 2.75) is 49.9 Å². The van der Waals surface area contributed by atoms with Gasteiger partial charge in [-0.15, -0.1) is 0 Å². The highest BCUT2D eigenvalue weighted by Crippen LogP contribution is 2.05. The topological polar surface area (TPSA) is 225 Å². The quantitative estimate of drug-likeness (QED) is 0.108. The second-order valence-electron chi connectivity index (χ2n) is 6.62. The smallest absolute Gasteiger partial charge is 0.326 e. The third-order valence-corrected chi connectivity index (χ3v) is 5.09. The van der Waals surface area contributed by atoms with Gasteiger partial charge < -0.3 is 37.0 Å². The van der Waals surface area contributed by atoms with Crippen LogP contribution in [0.1, 0.15) is 25.7 Å². The molecular weight excluding hydrogens is 468 g/mol. The van der Waals surface area contributed by atoms with E-state index in [-0.39, 0.29) is 18.6 Å². The number of carboxylic acids is 3. The van der Waals surface area contributed by atoms with Gasteiger partial charge in [-0.25, -0.2) is 4.79 Å². The molecule has 0 aromatic carbocycles. The third-order valence-electron chi connectivity index (χ3n) is 4.05. The summed E-state index contributed by atoms with van der Waals surface area (Å²) in [6.07, 6.45) is 0.0512. The van der Waals surface area contributed by atoms with Gasteiger partial charge in [0, 0.05) is 12.2 Å². The molecule has 182 valence electrons. The number of carbonyl (C=O) groups excluding carboxylic acids is 3. The van der Waals surface area contributed by atoms with Gasteiger partial charge in [0.15, 0.2) is 0 Å². The number of hydrogen-bond donors (Lipinski definition) is 8. The molecule has 32 heavy (non-hydrogen) atoms. The molecule has 0 heterocycles. The Balaban J connectivity index is 5.49. The standard InChI is InChI=1S/C17H28N4O9S2/c1-32-5-4-10(17(29)30)20-16(28)11(6-13(24)25)21-15(27)9(2-3-12(22)23)19-14(26)8(18)7-31/h8-11,31H,2-7,18H2,1H3,(H,19,26)(H,20,28)(H,21,27)(H,22,23)(H,24,25)(H,29,30). The zero-order valence-electron chi connectivity index (χ0n) is 17.3. The van der Waals surface area contributed by atoms with E-state index in [1.165, 1.54) is 11.8 Å². The van der Waals surface area contributed by atoms with Crippen LogP contribution in [-0.2, 0) is 28.8 Å². The molecule has 0 rings (SSSR count). The highest BCUT2D eigenvalue weighted by molar-refractivity contribution is 7.98. The predicted octanol–water partition coefficient (Wildman–Crippen LogP) is -2.12. The van der Waals surface area contributed by atoms with Gasteiger partial charge in [-0.2, -0.15) is 24.4 Å². The van der Waals surface area contributed by atoms with Gasteiger partial charge in [0.2, 0.25) is 17.7 Å². The van der Waals surface area contributed by atoms with E-state index in [0.29, 0.717) is 5.75 Å². The molecule has 0 fully saturated rings. The maximum absolute atomic E-state index is 12.6. The molecule has 0 spiro atoms. The summed E-state index contributed by atoms with van der Waals surface area (Å²) in [5.41, 5.74) is 5.52. The van der Waals surface area contributed by atoms with E-state index >= 15 is 0 Å². The summed E-state index contributed by atoms with van der Waals surface area (Å²) >= 11 is 5.20. The molecule has 0 aromatic heterocycles. The summed E-state index contributed by atoms with van der Waals surface area (Å²) in [5, 5.41) is 33.7. The highest BCUT2D eigenvalue weighted by Gasteiger charge is 2.31. The van der Waals surface area contributed by atoms with Crippen molar-refractivity contribution in [1.29, 1.82) is 0 Å². The van der Waals surface area contributed by atoms with Crippen molar-refractivity contribution < 1.29 is 44.1 Å². The first-order chi connectivity index (χ1) is 14.9. The van der Waals surface area contributed by atoms with E-state index in [4.69, 9.17) is 15.9 Å². The number of carboxylic acid groups (broad SMARTS) is 3. The normalized spacial score (nSPS) is 14.3. The van der Waals surface area contributed by atoms with Crippen molar-refractivity contribution in [1.82, 2.24) is 16.0 Å². The summed E-state index contributed by atoms with van der Waals surface area (Å²) in [5.74, 6) is -6.57. The van der Waals surface area contributed by atoms with Gasteiger partial charge in [0.1, 0.15) is 18.1 Å². The maximum Gasteiger partial charge on any atom is 0.326 e. The van der Waals surface area contributed by atoms with Crippen molar-refractivity contribution in [3.8, 4) is 0 Å². The molecule has 8 N–H and O–H groups in total. The van der Waals surface area contributed by atoms with Crippen LogP contribution in [-0.4, -0.2) is 92.9 Å². The fourth-order valence-corrected chi connectivity index (χ4v) is 2.96. The summed E-state index contributed by atoms with van der Waals surface area (Å²) in [7, 11) is 0. The Morgan fingerprint density at radius 3 is 1.84 bits per heavy atom. The first-order valence-corrected chi connectivity index (χ1v) is 11.4. The molecule has 0 aliphatic rings. The highest BCUT2D eigenvalue weighted by atomic mass is 32.2. The van der Waals surface area contributed by atoms with Crippen LogP contribution in [0.2, 0.25) is 0 Å². The second kappa shape index (κ2) is 15.3. The first kappa shape index (κ1) is 29.5. The zero-order chi connectivity index (χ0) is 24.8. The number of carbonyl (C=O) groups is 6. The largest absolute Gasteiger partial charge is 0.481 e. The van der Waals surface area contributed by atoms with Crippen molar-refractivity contribution in [2.75, 3.05) is 17.8 Å².